The molecule has 184 valence electrons. The Morgan fingerprint density at radius 2 is 1.91 bits per heavy atom. The van der Waals surface area contributed by atoms with Crippen LogP contribution in [0, 0.1) is 11.7 Å². The van der Waals surface area contributed by atoms with Crippen LogP contribution in [0.4, 0.5) is 32.0 Å². The van der Waals surface area contributed by atoms with Crippen LogP contribution < -0.4 is 15.8 Å². The summed E-state index contributed by atoms with van der Waals surface area (Å²) in [5, 5.41) is 2.32. The number of aromatic nitrogens is 1. The Morgan fingerprint density at radius 1 is 1.24 bits per heavy atom. The minimum absolute atomic E-state index is 0.0208. The zero-order valence-corrected chi connectivity index (χ0v) is 17.7. The van der Waals surface area contributed by atoms with Gasteiger partial charge in [0.25, 0.3) is 11.8 Å². The number of hydrogen-bond acceptors (Lipinski definition) is 5. The zero-order chi connectivity index (χ0) is 25.4. The highest BCUT2D eigenvalue weighted by atomic mass is 19.4. The van der Waals surface area contributed by atoms with Gasteiger partial charge in [-0.05, 0) is 25.1 Å². The Balaban J connectivity index is 2.06. The van der Waals surface area contributed by atoms with Gasteiger partial charge in [-0.2, -0.15) is 22.0 Å². The number of halogens is 6. The molecule has 7 nitrogen and oxygen atoms in total. The standard InChI is InChI=1S/C21H19F6N3O4/c1-9-15(12-4-3-10(22)7-14(12)33-19(23)24)16(34-20(9,2)21(25,26)27)18(32)30-11-5-6-29-13(8-11)17(28)31/h3-9,15-16,19H,1-2H3,(H2,28,31)(H,29,30,32)/t9-,15+,16+,20-/m0/s1. The van der Waals surface area contributed by atoms with Crippen LogP contribution in [0.15, 0.2) is 36.5 Å². The van der Waals surface area contributed by atoms with E-state index in [-0.39, 0.29) is 16.9 Å². The van der Waals surface area contributed by atoms with E-state index in [9.17, 15) is 35.9 Å². The van der Waals surface area contributed by atoms with E-state index in [0.29, 0.717) is 6.07 Å². The number of carbonyl (C=O) groups is 2. The van der Waals surface area contributed by atoms with Crippen molar-refractivity contribution in [3.8, 4) is 5.75 Å². The van der Waals surface area contributed by atoms with E-state index in [0.717, 1.165) is 38.2 Å². The van der Waals surface area contributed by atoms with Gasteiger partial charge in [-0.25, -0.2) is 4.39 Å². The Labute approximate surface area is 189 Å². The Kier molecular flexibility index (Phi) is 6.78. The molecule has 1 fully saturated rings. The second-order valence-electron chi connectivity index (χ2n) is 7.80. The van der Waals surface area contributed by atoms with Crippen LogP contribution in [0.5, 0.6) is 5.75 Å². The molecule has 0 bridgehead atoms. The lowest BCUT2D eigenvalue weighted by atomic mass is 9.77. The molecular weight excluding hydrogens is 472 g/mol. The average molecular weight is 491 g/mol. The molecule has 2 heterocycles. The molecule has 0 spiro atoms. The van der Waals surface area contributed by atoms with Gasteiger partial charge >= 0.3 is 12.8 Å². The Morgan fingerprint density at radius 3 is 2.50 bits per heavy atom. The topological polar surface area (TPSA) is 104 Å². The third-order valence-electron chi connectivity index (χ3n) is 5.76. The van der Waals surface area contributed by atoms with Crippen molar-refractivity contribution in [2.24, 2.45) is 11.7 Å². The molecule has 34 heavy (non-hydrogen) atoms. The van der Waals surface area contributed by atoms with Crippen molar-refractivity contribution in [3.05, 3.63) is 53.6 Å². The summed E-state index contributed by atoms with van der Waals surface area (Å²) in [5.74, 6) is -6.62. The van der Waals surface area contributed by atoms with Crippen LogP contribution in [0.25, 0.3) is 0 Å². The number of alkyl halides is 5. The van der Waals surface area contributed by atoms with Crippen molar-refractivity contribution in [1.29, 1.82) is 0 Å². The number of nitrogens with two attached hydrogens (primary N) is 1. The fourth-order valence-electron chi connectivity index (χ4n) is 3.86. The molecule has 0 radical (unpaired) electrons. The molecule has 2 amide bonds. The minimum atomic E-state index is -4.95. The van der Waals surface area contributed by atoms with E-state index < -0.39 is 59.7 Å². The number of rotatable bonds is 6. The van der Waals surface area contributed by atoms with E-state index in [2.05, 4.69) is 15.0 Å². The first-order valence-electron chi connectivity index (χ1n) is 9.80. The predicted molar refractivity (Wildman–Crippen MR) is 106 cm³/mol. The van der Waals surface area contributed by atoms with E-state index >= 15 is 0 Å². The molecule has 3 N–H and O–H groups in total. The summed E-state index contributed by atoms with van der Waals surface area (Å²) in [6, 6.07) is 4.76. The van der Waals surface area contributed by atoms with Crippen molar-refractivity contribution in [2.75, 3.05) is 5.32 Å². The van der Waals surface area contributed by atoms with Crippen LogP contribution in [-0.2, 0) is 9.53 Å². The number of amides is 2. The summed E-state index contributed by atoms with van der Waals surface area (Å²) in [7, 11) is 0. The Hall–Kier alpha value is -3.35. The summed E-state index contributed by atoms with van der Waals surface area (Å²) < 4.78 is 90.9. The normalized spacial score (nSPS) is 24.8. The number of nitrogens with zero attached hydrogens (tertiary/aromatic N) is 1. The summed E-state index contributed by atoms with van der Waals surface area (Å²) in [6.07, 6.45) is -5.66. The highest BCUT2D eigenvalue weighted by molar-refractivity contribution is 5.97. The highest BCUT2D eigenvalue weighted by Gasteiger charge is 2.65. The van der Waals surface area contributed by atoms with Gasteiger partial charge in [0.15, 0.2) is 5.60 Å². The summed E-state index contributed by atoms with van der Waals surface area (Å²) >= 11 is 0. The van der Waals surface area contributed by atoms with Crippen molar-refractivity contribution in [3.63, 3.8) is 0 Å². The van der Waals surface area contributed by atoms with Gasteiger partial charge in [0.05, 0.1) is 0 Å². The molecule has 1 aliphatic heterocycles. The monoisotopic (exact) mass is 491 g/mol. The number of hydrogen-bond donors (Lipinski definition) is 2. The maximum Gasteiger partial charge on any atom is 0.417 e. The number of pyridine rings is 1. The molecule has 1 aromatic heterocycles. The highest BCUT2D eigenvalue weighted by Crippen LogP contribution is 2.54. The van der Waals surface area contributed by atoms with Gasteiger partial charge in [0.2, 0.25) is 0 Å². The maximum atomic E-state index is 13.9. The number of carbonyl (C=O) groups excluding carboxylic acids is 2. The molecule has 0 unspecified atom stereocenters. The van der Waals surface area contributed by atoms with Gasteiger partial charge in [0, 0.05) is 35.3 Å². The molecule has 4 atom stereocenters. The smallest absolute Gasteiger partial charge is 0.417 e. The molecule has 1 aliphatic rings. The lowest BCUT2D eigenvalue weighted by molar-refractivity contribution is -0.272. The zero-order valence-electron chi connectivity index (χ0n) is 17.7. The van der Waals surface area contributed by atoms with Gasteiger partial charge in [0.1, 0.15) is 23.4 Å². The average Bonchev–Trinajstić information content (AvgIpc) is 3.00. The lowest BCUT2D eigenvalue weighted by Crippen LogP contribution is -2.47. The summed E-state index contributed by atoms with van der Waals surface area (Å²) in [4.78, 5) is 28.0. The van der Waals surface area contributed by atoms with E-state index in [1.54, 1.807) is 0 Å². The molecule has 0 aliphatic carbocycles. The van der Waals surface area contributed by atoms with Crippen LogP contribution >= 0.6 is 0 Å². The van der Waals surface area contributed by atoms with Crippen LogP contribution in [-0.4, -0.2) is 41.3 Å². The molecule has 1 aromatic carbocycles. The van der Waals surface area contributed by atoms with Gasteiger partial charge in [-0.1, -0.05) is 13.0 Å². The molecule has 13 heteroatoms. The molecule has 2 aromatic rings. The molecule has 1 saturated heterocycles. The van der Waals surface area contributed by atoms with Crippen LogP contribution in [0.1, 0.15) is 35.8 Å². The van der Waals surface area contributed by atoms with Crippen molar-refractivity contribution >= 4 is 17.5 Å². The predicted octanol–water partition coefficient (Wildman–Crippen LogP) is 4.00. The fourth-order valence-corrected chi connectivity index (χ4v) is 3.86. The Bertz CT molecular complexity index is 1100. The van der Waals surface area contributed by atoms with Crippen molar-refractivity contribution in [2.45, 2.75) is 44.3 Å². The number of benzene rings is 1. The second kappa shape index (κ2) is 9.12. The SMILES string of the molecule is C[C@H]1[C@H](c2ccc(F)cc2OC(F)F)[C@H](C(=O)Nc2ccnc(C(N)=O)c2)O[C@]1(C)C(F)(F)F. The minimum Gasteiger partial charge on any atom is -0.434 e. The molecule has 0 saturated carbocycles. The van der Waals surface area contributed by atoms with E-state index in [1.807, 2.05) is 0 Å². The lowest BCUT2D eigenvalue weighted by Gasteiger charge is -2.32. The van der Waals surface area contributed by atoms with Crippen LogP contribution in [0.3, 0.4) is 0 Å². The first-order valence-corrected chi connectivity index (χ1v) is 9.80. The largest absolute Gasteiger partial charge is 0.434 e. The van der Waals surface area contributed by atoms with Gasteiger partial charge < -0.3 is 20.5 Å². The number of ether oxygens (including phenoxy) is 2. The third-order valence-corrected chi connectivity index (χ3v) is 5.76. The molecule has 3 rings (SSSR count). The van der Waals surface area contributed by atoms with E-state index in [4.69, 9.17) is 10.5 Å². The number of primary amides is 1. The fraction of sp³-hybridized carbons (Fsp3) is 0.381. The second-order valence-corrected chi connectivity index (χ2v) is 7.80. The molecular formula is C21H19F6N3O4. The quantitative estimate of drug-likeness (QED) is 0.595. The van der Waals surface area contributed by atoms with Crippen molar-refractivity contribution in [1.82, 2.24) is 4.98 Å². The van der Waals surface area contributed by atoms with Crippen LogP contribution in [0.2, 0.25) is 0 Å². The number of nitrogens with one attached hydrogen (secondary N) is 1. The third kappa shape index (κ3) is 4.79. The number of anilines is 1. The van der Waals surface area contributed by atoms with Gasteiger partial charge in [-0.15, -0.1) is 0 Å². The van der Waals surface area contributed by atoms with Gasteiger partial charge in [-0.3, -0.25) is 14.6 Å². The summed E-state index contributed by atoms with van der Waals surface area (Å²) in [5.41, 5.74) is 1.77. The first kappa shape index (κ1) is 25.3. The van der Waals surface area contributed by atoms with Crippen molar-refractivity contribution < 1.29 is 45.4 Å². The first-order chi connectivity index (χ1) is 15.7. The van der Waals surface area contributed by atoms with E-state index in [1.165, 1.54) is 6.07 Å². The maximum absolute atomic E-state index is 13.9. The summed E-state index contributed by atoms with van der Waals surface area (Å²) in [6.45, 7) is -1.53.